The summed E-state index contributed by atoms with van der Waals surface area (Å²) in [7, 11) is 0. The number of piperazine rings is 1. The number of aromatic nitrogens is 2. The van der Waals surface area contributed by atoms with Gasteiger partial charge in [-0.3, -0.25) is 4.90 Å². The van der Waals surface area contributed by atoms with Crippen molar-refractivity contribution in [3.8, 4) is 0 Å². The van der Waals surface area contributed by atoms with Gasteiger partial charge in [-0.1, -0.05) is 27.7 Å². The summed E-state index contributed by atoms with van der Waals surface area (Å²) in [6, 6.07) is 2.44. The van der Waals surface area contributed by atoms with Gasteiger partial charge in [-0.25, -0.2) is 9.97 Å². The van der Waals surface area contributed by atoms with Crippen molar-refractivity contribution in [1.82, 2.24) is 20.2 Å². The molecule has 0 amide bonds. The molecule has 112 valence electrons. The molecule has 0 bridgehead atoms. The van der Waals surface area contributed by atoms with Crippen LogP contribution in [0.1, 0.15) is 46.4 Å². The Balaban J connectivity index is 2.17. The lowest BCUT2D eigenvalue weighted by molar-refractivity contribution is 0.0136. The van der Waals surface area contributed by atoms with E-state index in [2.05, 4.69) is 47.9 Å². The van der Waals surface area contributed by atoms with E-state index in [-0.39, 0.29) is 5.54 Å². The van der Waals surface area contributed by atoms with E-state index < -0.39 is 0 Å². The van der Waals surface area contributed by atoms with Crippen LogP contribution in [-0.4, -0.2) is 39.5 Å². The fraction of sp³-hybridized carbons (Fsp3) is 0.750. The van der Waals surface area contributed by atoms with Gasteiger partial charge >= 0.3 is 0 Å². The number of hydrogen-bond donors (Lipinski definition) is 1. The van der Waals surface area contributed by atoms with Crippen LogP contribution in [0.3, 0.4) is 0 Å². The molecule has 4 nitrogen and oxygen atoms in total. The minimum absolute atomic E-state index is 0.241. The highest BCUT2D eigenvalue weighted by Crippen LogP contribution is 2.29. The first-order chi connectivity index (χ1) is 9.61. The van der Waals surface area contributed by atoms with E-state index in [0.29, 0.717) is 12.0 Å². The summed E-state index contributed by atoms with van der Waals surface area (Å²) < 4.78 is 0. The summed E-state index contributed by atoms with van der Waals surface area (Å²) in [5.41, 5.74) is 0.241. The standard InChI is InChI=1S/C16H28N4/c1-5-16(6-2)12-19-14(13(3)4)10-20(16)11-15-17-8-7-9-18-15/h7-9,13-14,19H,5-6,10-12H2,1-4H3. The van der Waals surface area contributed by atoms with Crippen molar-refractivity contribution in [3.05, 3.63) is 24.3 Å². The molecule has 1 atom stereocenters. The maximum Gasteiger partial charge on any atom is 0.142 e. The van der Waals surface area contributed by atoms with Crippen LogP contribution in [0.15, 0.2) is 18.5 Å². The molecule has 1 aromatic rings. The molecule has 20 heavy (non-hydrogen) atoms. The normalized spacial score (nSPS) is 23.1. The first-order valence-electron chi connectivity index (χ1n) is 7.85. The van der Waals surface area contributed by atoms with E-state index in [0.717, 1.165) is 38.3 Å². The van der Waals surface area contributed by atoms with Crippen molar-refractivity contribution in [3.63, 3.8) is 0 Å². The van der Waals surface area contributed by atoms with Crippen LogP contribution in [-0.2, 0) is 6.54 Å². The third-order valence-electron chi connectivity index (χ3n) is 4.85. The molecule has 4 heteroatoms. The van der Waals surface area contributed by atoms with Crippen molar-refractivity contribution in [1.29, 1.82) is 0 Å². The van der Waals surface area contributed by atoms with E-state index in [1.54, 1.807) is 0 Å². The van der Waals surface area contributed by atoms with Gasteiger partial charge in [-0.2, -0.15) is 0 Å². The van der Waals surface area contributed by atoms with Crippen LogP contribution in [0.4, 0.5) is 0 Å². The molecule has 2 heterocycles. The summed E-state index contributed by atoms with van der Waals surface area (Å²) in [6.45, 7) is 12.2. The first kappa shape index (κ1) is 15.4. The quantitative estimate of drug-likeness (QED) is 0.897. The third-order valence-corrected chi connectivity index (χ3v) is 4.85. The SMILES string of the molecule is CCC1(CC)CNC(C(C)C)CN1Cc1ncccn1. The lowest BCUT2D eigenvalue weighted by Gasteiger charge is -2.50. The lowest BCUT2D eigenvalue weighted by Crippen LogP contribution is -2.64. The van der Waals surface area contributed by atoms with Gasteiger partial charge in [0.25, 0.3) is 0 Å². The van der Waals surface area contributed by atoms with Crippen molar-refractivity contribution in [2.24, 2.45) is 5.92 Å². The zero-order valence-electron chi connectivity index (χ0n) is 13.3. The van der Waals surface area contributed by atoms with Gasteiger partial charge in [0.2, 0.25) is 0 Å². The molecule has 2 rings (SSSR count). The molecular weight excluding hydrogens is 248 g/mol. The molecule has 1 N–H and O–H groups in total. The second kappa shape index (κ2) is 6.64. The second-order valence-corrected chi connectivity index (χ2v) is 6.21. The molecule has 1 unspecified atom stereocenters. The average Bonchev–Trinajstić information content (AvgIpc) is 2.48. The minimum Gasteiger partial charge on any atom is -0.311 e. The highest BCUT2D eigenvalue weighted by Gasteiger charge is 2.39. The van der Waals surface area contributed by atoms with Gasteiger partial charge in [0, 0.05) is 37.1 Å². The maximum absolute atomic E-state index is 4.40. The van der Waals surface area contributed by atoms with Gasteiger partial charge in [0.1, 0.15) is 5.82 Å². The van der Waals surface area contributed by atoms with Crippen LogP contribution in [0.5, 0.6) is 0 Å². The zero-order chi connectivity index (χ0) is 14.6. The second-order valence-electron chi connectivity index (χ2n) is 6.21. The zero-order valence-corrected chi connectivity index (χ0v) is 13.3. The van der Waals surface area contributed by atoms with E-state index in [1.165, 1.54) is 0 Å². The van der Waals surface area contributed by atoms with Gasteiger partial charge in [-0.05, 0) is 24.8 Å². The number of nitrogens with zero attached hydrogens (tertiary/aromatic N) is 3. The Morgan fingerprint density at radius 2 is 1.95 bits per heavy atom. The number of nitrogens with one attached hydrogen (secondary N) is 1. The predicted molar refractivity (Wildman–Crippen MR) is 82.4 cm³/mol. The van der Waals surface area contributed by atoms with Crippen LogP contribution in [0, 0.1) is 5.92 Å². The van der Waals surface area contributed by atoms with E-state index in [9.17, 15) is 0 Å². The van der Waals surface area contributed by atoms with Crippen LogP contribution in [0.2, 0.25) is 0 Å². The molecule has 0 aromatic carbocycles. The predicted octanol–water partition coefficient (Wildman–Crippen LogP) is 2.47. The molecular formula is C16H28N4. The Kier molecular flexibility index (Phi) is 5.11. The van der Waals surface area contributed by atoms with Crippen molar-refractivity contribution in [2.45, 2.75) is 58.7 Å². The Morgan fingerprint density at radius 1 is 1.30 bits per heavy atom. The largest absolute Gasteiger partial charge is 0.311 e. The number of hydrogen-bond acceptors (Lipinski definition) is 4. The molecule has 1 saturated heterocycles. The highest BCUT2D eigenvalue weighted by atomic mass is 15.3. The van der Waals surface area contributed by atoms with E-state index in [4.69, 9.17) is 0 Å². The molecule has 0 spiro atoms. The summed E-state index contributed by atoms with van der Waals surface area (Å²) >= 11 is 0. The van der Waals surface area contributed by atoms with Crippen molar-refractivity contribution in [2.75, 3.05) is 13.1 Å². The maximum atomic E-state index is 4.40. The van der Waals surface area contributed by atoms with Crippen molar-refractivity contribution < 1.29 is 0 Å². The smallest absolute Gasteiger partial charge is 0.142 e. The minimum atomic E-state index is 0.241. The van der Waals surface area contributed by atoms with Crippen LogP contribution >= 0.6 is 0 Å². The van der Waals surface area contributed by atoms with E-state index in [1.807, 2.05) is 18.5 Å². The Hall–Kier alpha value is -1.00. The fourth-order valence-electron chi connectivity index (χ4n) is 3.14. The molecule has 0 aliphatic carbocycles. The number of rotatable bonds is 5. The molecule has 1 aliphatic rings. The Labute approximate surface area is 123 Å². The van der Waals surface area contributed by atoms with Gasteiger partial charge in [-0.15, -0.1) is 0 Å². The average molecular weight is 276 g/mol. The molecule has 0 saturated carbocycles. The van der Waals surface area contributed by atoms with Gasteiger partial charge in [0.15, 0.2) is 0 Å². The lowest BCUT2D eigenvalue weighted by atomic mass is 9.85. The van der Waals surface area contributed by atoms with Crippen molar-refractivity contribution >= 4 is 0 Å². The topological polar surface area (TPSA) is 41.0 Å². The van der Waals surface area contributed by atoms with E-state index >= 15 is 0 Å². The van der Waals surface area contributed by atoms with Gasteiger partial charge < -0.3 is 5.32 Å². The summed E-state index contributed by atoms with van der Waals surface area (Å²) in [4.78, 5) is 11.4. The molecule has 1 aliphatic heterocycles. The highest BCUT2D eigenvalue weighted by molar-refractivity contribution is 5.00. The van der Waals surface area contributed by atoms with Crippen LogP contribution < -0.4 is 5.32 Å². The molecule has 1 fully saturated rings. The first-order valence-corrected chi connectivity index (χ1v) is 7.85. The summed E-state index contributed by atoms with van der Waals surface area (Å²) in [6.07, 6.45) is 6.00. The Morgan fingerprint density at radius 3 is 2.50 bits per heavy atom. The fourth-order valence-corrected chi connectivity index (χ4v) is 3.14. The monoisotopic (exact) mass is 276 g/mol. The molecule has 0 radical (unpaired) electrons. The van der Waals surface area contributed by atoms with Crippen LogP contribution in [0.25, 0.3) is 0 Å². The summed E-state index contributed by atoms with van der Waals surface area (Å²) in [5.74, 6) is 1.59. The Bertz CT molecular complexity index is 400. The summed E-state index contributed by atoms with van der Waals surface area (Å²) in [5, 5.41) is 3.74. The van der Waals surface area contributed by atoms with Gasteiger partial charge in [0.05, 0.1) is 6.54 Å². The third kappa shape index (κ3) is 3.18. The molecule has 1 aromatic heterocycles.